The minimum absolute atomic E-state index is 0.0998. The van der Waals surface area contributed by atoms with Gasteiger partial charge in [0.15, 0.2) is 0 Å². The summed E-state index contributed by atoms with van der Waals surface area (Å²) in [6.45, 7) is 11.9. The van der Waals surface area contributed by atoms with E-state index in [9.17, 15) is 0 Å². The van der Waals surface area contributed by atoms with Crippen LogP contribution in [0.5, 0.6) is 5.88 Å². The number of nitrogens with zero attached hydrogens (tertiary/aromatic N) is 6. The second kappa shape index (κ2) is 11.4. The molecule has 2 aliphatic heterocycles. The van der Waals surface area contributed by atoms with Gasteiger partial charge in [0.1, 0.15) is 12.4 Å². The molecule has 7 rings (SSSR count). The summed E-state index contributed by atoms with van der Waals surface area (Å²) in [5, 5.41) is 0. The van der Waals surface area contributed by atoms with Gasteiger partial charge in [0.25, 0.3) is 0 Å². The average Bonchev–Trinajstić information content (AvgIpc) is 3.52. The van der Waals surface area contributed by atoms with E-state index in [-0.39, 0.29) is 5.41 Å². The molecule has 224 valence electrons. The highest BCUT2D eigenvalue weighted by Gasteiger charge is 2.26. The number of aromatic nitrogens is 5. The number of rotatable bonds is 8. The summed E-state index contributed by atoms with van der Waals surface area (Å²) < 4.78 is 16.4. The van der Waals surface area contributed by atoms with Gasteiger partial charge in [0, 0.05) is 31.3 Å². The molecule has 2 saturated heterocycles. The Labute approximate surface area is 253 Å². The molecule has 0 N–H and O–H groups in total. The Bertz CT molecular complexity index is 1740. The number of piperidine rings is 1. The number of ether oxygens (including phenoxy) is 2. The van der Waals surface area contributed by atoms with Gasteiger partial charge >= 0.3 is 0 Å². The van der Waals surface area contributed by atoms with Crippen molar-refractivity contribution in [3.05, 3.63) is 83.6 Å². The number of imidazole rings is 2. The number of hydrogen-bond donors (Lipinski definition) is 0. The molecule has 43 heavy (non-hydrogen) atoms. The van der Waals surface area contributed by atoms with Gasteiger partial charge in [-0.15, -0.1) is 0 Å². The van der Waals surface area contributed by atoms with Crippen LogP contribution in [0.3, 0.4) is 0 Å². The van der Waals surface area contributed by atoms with Crippen LogP contribution in [0.25, 0.3) is 22.1 Å². The lowest BCUT2D eigenvalue weighted by molar-refractivity contribution is -0.0592. The maximum Gasteiger partial charge on any atom is 0.213 e. The minimum Gasteiger partial charge on any atom is -0.473 e. The van der Waals surface area contributed by atoms with Crippen LogP contribution in [0.15, 0.2) is 60.9 Å². The van der Waals surface area contributed by atoms with Gasteiger partial charge in [-0.1, -0.05) is 39.0 Å². The van der Waals surface area contributed by atoms with E-state index < -0.39 is 0 Å². The number of benzene rings is 2. The molecule has 2 fully saturated rings. The zero-order valence-corrected chi connectivity index (χ0v) is 25.8. The normalized spacial score (nSPS) is 18.4. The number of hydrogen-bond acceptors (Lipinski definition) is 6. The maximum absolute atomic E-state index is 6.12. The average molecular weight is 579 g/mol. The van der Waals surface area contributed by atoms with Crippen molar-refractivity contribution in [2.24, 2.45) is 7.05 Å². The SMILES string of the molecule is Cn1cnc2cc(COc3cccc(C4CCN(Cc5nc6ccc(C(C)(C)C)cc6n5CC5CCO5)CC4)n3)ccc21. The number of likely N-dealkylation sites (tertiary alicyclic amines) is 1. The molecule has 3 aromatic heterocycles. The highest BCUT2D eigenvalue weighted by atomic mass is 16.5. The van der Waals surface area contributed by atoms with E-state index in [4.69, 9.17) is 19.4 Å². The van der Waals surface area contributed by atoms with Crippen molar-refractivity contribution in [1.29, 1.82) is 0 Å². The summed E-state index contributed by atoms with van der Waals surface area (Å²) in [5.41, 5.74) is 8.08. The lowest BCUT2D eigenvalue weighted by Crippen LogP contribution is -2.35. The highest BCUT2D eigenvalue weighted by molar-refractivity contribution is 5.77. The van der Waals surface area contributed by atoms with Gasteiger partial charge in [0.05, 0.1) is 47.6 Å². The lowest BCUT2D eigenvalue weighted by Gasteiger charge is -2.32. The predicted octanol–water partition coefficient (Wildman–Crippen LogP) is 6.36. The Morgan fingerprint density at radius 3 is 2.53 bits per heavy atom. The fourth-order valence-corrected chi connectivity index (χ4v) is 6.35. The molecule has 0 radical (unpaired) electrons. The zero-order valence-electron chi connectivity index (χ0n) is 25.8. The van der Waals surface area contributed by atoms with E-state index >= 15 is 0 Å². The monoisotopic (exact) mass is 578 g/mol. The second-order valence-electron chi connectivity index (χ2n) is 13.3. The molecule has 5 aromatic rings. The molecule has 5 heterocycles. The highest BCUT2D eigenvalue weighted by Crippen LogP contribution is 2.31. The largest absolute Gasteiger partial charge is 0.473 e. The summed E-state index contributed by atoms with van der Waals surface area (Å²) in [6.07, 6.45) is 5.41. The third-order valence-electron chi connectivity index (χ3n) is 9.17. The first kappa shape index (κ1) is 28.0. The summed E-state index contributed by atoms with van der Waals surface area (Å²) in [7, 11) is 2.01. The summed E-state index contributed by atoms with van der Waals surface area (Å²) in [4.78, 5) is 17.1. The maximum atomic E-state index is 6.12. The first-order chi connectivity index (χ1) is 20.8. The van der Waals surface area contributed by atoms with Crippen LogP contribution >= 0.6 is 0 Å². The third kappa shape index (κ3) is 5.91. The van der Waals surface area contributed by atoms with Crippen LogP contribution in [0.1, 0.15) is 68.6 Å². The third-order valence-corrected chi connectivity index (χ3v) is 9.17. The van der Waals surface area contributed by atoms with Crippen LogP contribution < -0.4 is 4.74 Å². The van der Waals surface area contributed by atoms with Crippen LogP contribution in [0, 0.1) is 0 Å². The summed E-state index contributed by atoms with van der Waals surface area (Å²) in [5.74, 6) is 2.26. The van der Waals surface area contributed by atoms with Crippen molar-refractivity contribution in [2.45, 2.75) is 77.2 Å². The second-order valence-corrected chi connectivity index (χ2v) is 13.3. The molecular formula is C35H42N6O2. The van der Waals surface area contributed by atoms with E-state index in [0.29, 0.717) is 24.5 Å². The predicted molar refractivity (Wildman–Crippen MR) is 169 cm³/mol. The topological polar surface area (TPSA) is 70.2 Å². The van der Waals surface area contributed by atoms with Gasteiger partial charge in [-0.2, -0.15) is 0 Å². The number of fused-ring (bicyclic) bond motifs is 2. The van der Waals surface area contributed by atoms with Crippen LogP contribution in [-0.4, -0.2) is 54.8 Å². The molecule has 1 unspecified atom stereocenters. The van der Waals surface area contributed by atoms with E-state index in [2.05, 4.69) is 83.8 Å². The molecule has 1 atom stereocenters. The van der Waals surface area contributed by atoms with Gasteiger partial charge < -0.3 is 18.6 Å². The molecular weight excluding hydrogens is 536 g/mol. The van der Waals surface area contributed by atoms with Crippen molar-refractivity contribution in [3.63, 3.8) is 0 Å². The zero-order chi connectivity index (χ0) is 29.6. The van der Waals surface area contributed by atoms with E-state index in [0.717, 1.165) is 85.7 Å². The van der Waals surface area contributed by atoms with E-state index in [1.807, 2.05) is 24.0 Å². The fourth-order valence-electron chi connectivity index (χ4n) is 6.35. The molecule has 0 saturated carbocycles. The smallest absolute Gasteiger partial charge is 0.213 e. The van der Waals surface area contributed by atoms with Gasteiger partial charge in [-0.3, -0.25) is 4.90 Å². The van der Waals surface area contributed by atoms with Crippen LogP contribution in [0.2, 0.25) is 0 Å². The molecule has 8 heteroatoms. The number of pyridine rings is 1. The summed E-state index contributed by atoms with van der Waals surface area (Å²) in [6, 6.07) is 19.2. The molecule has 8 nitrogen and oxygen atoms in total. The van der Waals surface area contributed by atoms with Crippen LogP contribution in [0.4, 0.5) is 0 Å². The van der Waals surface area contributed by atoms with Gasteiger partial charge in [-0.05, 0) is 79.2 Å². The number of aryl methyl sites for hydroxylation is 1. The van der Waals surface area contributed by atoms with Gasteiger partial charge in [-0.25, -0.2) is 15.0 Å². The first-order valence-electron chi connectivity index (χ1n) is 15.6. The lowest BCUT2D eigenvalue weighted by atomic mass is 9.87. The Morgan fingerprint density at radius 2 is 1.77 bits per heavy atom. The Kier molecular flexibility index (Phi) is 7.43. The molecule has 0 amide bonds. The summed E-state index contributed by atoms with van der Waals surface area (Å²) >= 11 is 0. The standard InChI is InChI=1S/C35H42N6O2/c1-35(2,3)26-9-10-29-32(19-26)41(20-27-14-17-42-27)33(37-29)21-40-15-12-25(13-16-40)28-6-5-7-34(38-28)43-22-24-8-11-31-30(18-24)36-23-39(31)4/h5-11,18-19,23,25,27H,12-17,20-22H2,1-4H3. The quantitative estimate of drug-likeness (QED) is 0.213. The van der Waals surface area contributed by atoms with Crippen molar-refractivity contribution in [2.75, 3.05) is 19.7 Å². The molecule has 0 spiro atoms. The van der Waals surface area contributed by atoms with Gasteiger partial charge in [0.2, 0.25) is 5.88 Å². The van der Waals surface area contributed by atoms with E-state index in [1.54, 1.807) is 0 Å². The Balaban J connectivity index is 1.00. The van der Waals surface area contributed by atoms with E-state index in [1.165, 1.54) is 11.1 Å². The molecule has 0 aliphatic carbocycles. The fraction of sp³-hybridized carbons (Fsp3) is 0.457. The van der Waals surface area contributed by atoms with Crippen molar-refractivity contribution >= 4 is 22.1 Å². The van der Waals surface area contributed by atoms with Crippen molar-refractivity contribution < 1.29 is 9.47 Å². The van der Waals surface area contributed by atoms with Crippen molar-refractivity contribution in [3.8, 4) is 5.88 Å². The van der Waals surface area contributed by atoms with Crippen LogP contribution in [-0.2, 0) is 36.9 Å². The Morgan fingerprint density at radius 1 is 0.930 bits per heavy atom. The molecule has 2 aromatic carbocycles. The minimum atomic E-state index is 0.0998. The first-order valence-corrected chi connectivity index (χ1v) is 15.6. The Hall–Kier alpha value is -3.75. The van der Waals surface area contributed by atoms with Crippen molar-refractivity contribution in [1.82, 2.24) is 29.0 Å². The molecule has 2 aliphatic rings. The molecule has 0 bridgehead atoms.